The van der Waals surface area contributed by atoms with E-state index in [1.807, 2.05) is 19.1 Å². The number of ether oxygens (including phenoxy) is 2. The van der Waals surface area contributed by atoms with Gasteiger partial charge in [0.1, 0.15) is 19.0 Å². The SMILES string of the molecule is CCC(N)Cc1cc(OCCOCC(F)(F)F)ccc1Br. The fraction of sp³-hybridized carbons (Fsp3) is 0.571. The highest BCUT2D eigenvalue weighted by atomic mass is 79.9. The molecule has 0 aromatic heterocycles. The Morgan fingerprint density at radius 3 is 2.62 bits per heavy atom. The molecule has 1 rings (SSSR count). The lowest BCUT2D eigenvalue weighted by atomic mass is 10.0. The van der Waals surface area contributed by atoms with Crippen LogP contribution in [0.1, 0.15) is 18.9 Å². The summed E-state index contributed by atoms with van der Waals surface area (Å²) < 4.78 is 46.4. The Morgan fingerprint density at radius 2 is 2.00 bits per heavy atom. The van der Waals surface area contributed by atoms with E-state index >= 15 is 0 Å². The predicted octanol–water partition coefficient (Wildman–Crippen LogP) is 3.69. The first-order valence-corrected chi connectivity index (χ1v) is 7.42. The number of nitrogens with two attached hydrogens (primary N) is 1. The lowest BCUT2D eigenvalue weighted by molar-refractivity contribution is -0.175. The number of rotatable bonds is 8. The molecule has 0 amide bonds. The molecule has 0 aliphatic rings. The third kappa shape index (κ3) is 7.68. The van der Waals surface area contributed by atoms with Crippen LogP contribution in [-0.2, 0) is 11.2 Å². The van der Waals surface area contributed by atoms with Gasteiger partial charge in [-0.2, -0.15) is 13.2 Å². The van der Waals surface area contributed by atoms with Crippen LogP contribution in [0.3, 0.4) is 0 Å². The maximum absolute atomic E-state index is 11.9. The second-order valence-electron chi connectivity index (χ2n) is 4.64. The maximum Gasteiger partial charge on any atom is 0.411 e. The highest BCUT2D eigenvalue weighted by molar-refractivity contribution is 9.10. The van der Waals surface area contributed by atoms with Crippen LogP contribution in [0.25, 0.3) is 0 Å². The molecule has 2 N–H and O–H groups in total. The number of hydrogen-bond acceptors (Lipinski definition) is 3. The first-order chi connectivity index (χ1) is 9.81. The van der Waals surface area contributed by atoms with Gasteiger partial charge in [-0.3, -0.25) is 0 Å². The summed E-state index contributed by atoms with van der Waals surface area (Å²) in [6, 6.07) is 5.48. The van der Waals surface area contributed by atoms with E-state index in [0.717, 1.165) is 16.5 Å². The van der Waals surface area contributed by atoms with Gasteiger partial charge in [-0.1, -0.05) is 22.9 Å². The minimum Gasteiger partial charge on any atom is -0.491 e. The van der Waals surface area contributed by atoms with E-state index in [0.29, 0.717) is 12.2 Å². The second-order valence-corrected chi connectivity index (χ2v) is 5.50. The Bertz CT molecular complexity index is 441. The first-order valence-electron chi connectivity index (χ1n) is 6.63. The standard InChI is InChI=1S/C14H19BrF3NO2/c1-2-11(19)7-10-8-12(3-4-13(10)15)21-6-5-20-9-14(16,17)18/h3-4,8,11H,2,5-7,9,19H2,1H3. The topological polar surface area (TPSA) is 44.5 Å². The van der Waals surface area contributed by atoms with Crippen molar-refractivity contribution in [3.05, 3.63) is 28.2 Å². The zero-order valence-electron chi connectivity index (χ0n) is 11.8. The van der Waals surface area contributed by atoms with Crippen LogP contribution in [0, 0.1) is 0 Å². The average Bonchev–Trinajstić information content (AvgIpc) is 2.40. The number of halogens is 4. The van der Waals surface area contributed by atoms with Gasteiger partial charge < -0.3 is 15.2 Å². The highest BCUT2D eigenvalue weighted by Crippen LogP contribution is 2.24. The fourth-order valence-electron chi connectivity index (χ4n) is 1.63. The van der Waals surface area contributed by atoms with Crippen molar-refractivity contribution >= 4 is 15.9 Å². The van der Waals surface area contributed by atoms with Gasteiger partial charge in [0.05, 0.1) is 6.61 Å². The molecular formula is C14H19BrF3NO2. The van der Waals surface area contributed by atoms with E-state index in [4.69, 9.17) is 10.5 Å². The van der Waals surface area contributed by atoms with Gasteiger partial charge in [0.15, 0.2) is 0 Å². The number of hydrogen-bond donors (Lipinski definition) is 1. The third-order valence-electron chi connectivity index (χ3n) is 2.79. The van der Waals surface area contributed by atoms with Gasteiger partial charge in [0.2, 0.25) is 0 Å². The van der Waals surface area contributed by atoms with E-state index in [-0.39, 0.29) is 19.3 Å². The fourth-order valence-corrected chi connectivity index (χ4v) is 2.04. The molecule has 0 heterocycles. The summed E-state index contributed by atoms with van der Waals surface area (Å²) in [6.45, 7) is 0.709. The molecule has 0 saturated carbocycles. The Kier molecular flexibility index (Phi) is 7.48. The molecular weight excluding hydrogens is 351 g/mol. The molecule has 3 nitrogen and oxygen atoms in total. The lowest BCUT2D eigenvalue weighted by Gasteiger charge is -2.13. The van der Waals surface area contributed by atoms with Crippen molar-refractivity contribution in [1.82, 2.24) is 0 Å². The lowest BCUT2D eigenvalue weighted by Crippen LogP contribution is -2.21. The molecule has 0 bridgehead atoms. The van der Waals surface area contributed by atoms with Crippen molar-refractivity contribution in [2.24, 2.45) is 5.73 Å². The molecule has 21 heavy (non-hydrogen) atoms. The van der Waals surface area contributed by atoms with E-state index in [9.17, 15) is 13.2 Å². The van der Waals surface area contributed by atoms with Gasteiger partial charge in [-0.05, 0) is 36.6 Å². The van der Waals surface area contributed by atoms with Crippen LogP contribution < -0.4 is 10.5 Å². The van der Waals surface area contributed by atoms with Crippen molar-refractivity contribution in [3.8, 4) is 5.75 Å². The third-order valence-corrected chi connectivity index (χ3v) is 3.56. The molecule has 0 aliphatic carbocycles. The molecule has 1 unspecified atom stereocenters. The first kappa shape index (κ1) is 18.3. The summed E-state index contributed by atoms with van der Waals surface area (Å²) in [5, 5.41) is 0. The van der Waals surface area contributed by atoms with Crippen molar-refractivity contribution in [1.29, 1.82) is 0 Å². The van der Waals surface area contributed by atoms with Crippen LogP contribution in [-0.4, -0.2) is 32.0 Å². The van der Waals surface area contributed by atoms with Crippen molar-refractivity contribution in [2.75, 3.05) is 19.8 Å². The number of alkyl halides is 3. The predicted molar refractivity (Wildman–Crippen MR) is 78.5 cm³/mol. The van der Waals surface area contributed by atoms with E-state index < -0.39 is 12.8 Å². The zero-order chi connectivity index (χ0) is 15.9. The monoisotopic (exact) mass is 369 g/mol. The van der Waals surface area contributed by atoms with Gasteiger partial charge in [-0.25, -0.2) is 0 Å². The minimum absolute atomic E-state index is 0.0617. The second kappa shape index (κ2) is 8.60. The quantitative estimate of drug-likeness (QED) is 0.710. The van der Waals surface area contributed by atoms with Crippen LogP contribution in [0.15, 0.2) is 22.7 Å². The van der Waals surface area contributed by atoms with Gasteiger partial charge in [0, 0.05) is 10.5 Å². The van der Waals surface area contributed by atoms with E-state index in [2.05, 4.69) is 20.7 Å². The van der Waals surface area contributed by atoms with Crippen molar-refractivity contribution in [3.63, 3.8) is 0 Å². The molecule has 1 aromatic rings. The maximum atomic E-state index is 11.9. The summed E-state index contributed by atoms with van der Waals surface area (Å²) in [7, 11) is 0. The molecule has 0 saturated heterocycles. The van der Waals surface area contributed by atoms with E-state index in [1.165, 1.54) is 0 Å². The van der Waals surface area contributed by atoms with Crippen LogP contribution >= 0.6 is 15.9 Å². The van der Waals surface area contributed by atoms with Crippen molar-refractivity contribution in [2.45, 2.75) is 32.0 Å². The molecule has 0 spiro atoms. The summed E-state index contributed by atoms with van der Waals surface area (Å²) in [4.78, 5) is 0. The summed E-state index contributed by atoms with van der Waals surface area (Å²) in [5.41, 5.74) is 6.93. The Labute approximate surface area is 130 Å². The molecule has 1 atom stereocenters. The molecule has 1 aromatic carbocycles. The van der Waals surface area contributed by atoms with E-state index in [1.54, 1.807) is 6.07 Å². The zero-order valence-corrected chi connectivity index (χ0v) is 13.3. The van der Waals surface area contributed by atoms with Gasteiger partial charge >= 0.3 is 6.18 Å². The number of benzene rings is 1. The van der Waals surface area contributed by atoms with Crippen LogP contribution in [0.5, 0.6) is 5.75 Å². The van der Waals surface area contributed by atoms with Crippen LogP contribution in [0.2, 0.25) is 0 Å². The smallest absolute Gasteiger partial charge is 0.411 e. The summed E-state index contributed by atoms with van der Waals surface area (Å²) >= 11 is 3.44. The Morgan fingerprint density at radius 1 is 1.29 bits per heavy atom. The normalized spacial score (nSPS) is 13.2. The molecule has 0 radical (unpaired) electrons. The van der Waals surface area contributed by atoms with Crippen LogP contribution in [0.4, 0.5) is 13.2 Å². The molecule has 120 valence electrons. The molecule has 0 aliphatic heterocycles. The minimum atomic E-state index is -4.30. The summed E-state index contributed by atoms with van der Waals surface area (Å²) in [6.07, 6.45) is -2.73. The average molecular weight is 370 g/mol. The molecule has 0 fully saturated rings. The largest absolute Gasteiger partial charge is 0.491 e. The Hall–Kier alpha value is -0.790. The Balaban J connectivity index is 2.43. The highest BCUT2D eigenvalue weighted by Gasteiger charge is 2.27. The summed E-state index contributed by atoms with van der Waals surface area (Å²) in [5.74, 6) is 0.590. The van der Waals surface area contributed by atoms with Crippen molar-refractivity contribution < 1.29 is 22.6 Å². The van der Waals surface area contributed by atoms with Gasteiger partial charge in [0.25, 0.3) is 0 Å². The van der Waals surface area contributed by atoms with Gasteiger partial charge in [-0.15, -0.1) is 0 Å². The molecule has 7 heteroatoms.